The van der Waals surface area contributed by atoms with Crippen molar-refractivity contribution in [3.05, 3.63) is 42.0 Å². The minimum atomic E-state index is -1.02. The second-order valence-corrected chi connectivity index (χ2v) is 8.76. The Morgan fingerprint density at radius 3 is 2.65 bits per heavy atom. The van der Waals surface area contributed by atoms with Crippen molar-refractivity contribution in [2.45, 2.75) is 36.8 Å². The number of benzene rings is 1. The number of rotatable bonds is 7. The minimum Gasteiger partial charge on any atom is -0.354 e. The molecule has 1 aromatic heterocycles. The number of hydrogen-bond donors (Lipinski definition) is 2. The van der Waals surface area contributed by atoms with Crippen LogP contribution in [0.4, 0.5) is 20.3 Å². The Balaban J connectivity index is 1.27. The molecule has 1 unspecified atom stereocenters. The van der Waals surface area contributed by atoms with E-state index >= 15 is 0 Å². The molecule has 31 heavy (non-hydrogen) atoms. The number of nitrogens with zero attached hydrogens (tertiary/aromatic N) is 3. The number of aromatic nitrogens is 2. The summed E-state index contributed by atoms with van der Waals surface area (Å²) in [6, 6.07) is 7.17. The molecule has 1 aliphatic heterocycles. The molecule has 2 amide bonds. The first-order chi connectivity index (χ1) is 15.0. The van der Waals surface area contributed by atoms with E-state index in [-0.39, 0.29) is 29.2 Å². The van der Waals surface area contributed by atoms with Crippen molar-refractivity contribution < 1.29 is 18.4 Å². The first kappa shape index (κ1) is 21.5. The summed E-state index contributed by atoms with van der Waals surface area (Å²) in [5, 5.41) is 14.6. The van der Waals surface area contributed by atoms with Gasteiger partial charge in [0, 0.05) is 30.9 Å². The number of amides is 2. The molecule has 0 spiro atoms. The van der Waals surface area contributed by atoms with Gasteiger partial charge in [-0.15, -0.1) is 10.2 Å². The maximum absolute atomic E-state index is 13.2. The van der Waals surface area contributed by atoms with Gasteiger partial charge in [0.25, 0.3) is 0 Å². The quantitative estimate of drug-likeness (QED) is 0.635. The molecule has 0 radical (unpaired) electrons. The van der Waals surface area contributed by atoms with E-state index in [1.165, 1.54) is 17.8 Å². The lowest BCUT2D eigenvalue weighted by atomic mass is 9.97. The summed E-state index contributed by atoms with van der Waals surface area (Å²) >= 11 is 1.19. The van der Waals surface area contributed by atoms with Crippen LogP contribution in [0.15, 0.2) is 35.4 Å². The monoisotopic (exact) mass is 447 g/mol. The molecule has 1 atom stereocenters. The van der Waals surface area contributed by atoms with Crippen LogP contribution in [0.2, 0.25) is 0 Å². The smallest absolute Gasteiger partial charge is 0.234 e. The number of hydrogen-bond acceptors (Lipinski definition) is 6. The van der Waals surface area contributed by atoms with Crippen LogP contribution in [0.5, 0.6) is 0 Å². The molecule has 1 aliphatic carbocycles. The zero-order valence-electron chi connectivity index (χ0n) is 16.8. The van der Waals surface area contributed by atoms with Crippen molar-refractivity contribution in [1.29, 1.82) is 0 Å². The molecule has 4 rings (SSSR count). The molecule has 1 saturated heterocycles. The third-order valence-corrected chi connectivity index (χ3v) is 6.14. The van der Waals surface area contributed by atoms with Crippen molar-refractivity contribution in [3.63, 3.8) is 0 Å². The fraction of sp³-hybridized carbons (Fsp3) is 0.429. The largest absolute Gasteiger partial charge is 0.354 e. The molecular formula is C21H23F2N5O2S. The van der Waals surface area contributed by atoms with Crippen LogP contribution < -0.4 is 15.5 Å². The number of halogens is 2. The normalized spacial score (nSPS) is 18.5. The number of thioether (sulfide) groups is 1. The minimum absolute atomic E-state index is 0.0369. The summed E-state index contributed by atoms with van der Waals surface area (Å²) in [5.74, 6) is -1.49. The molecule has 2 aliphatic rings. The Hall–Kier alpha value is -2.75. The summed E-state index contributed by atoms with van der Waals surface area (Å²) in [6.45, 7) is 1.45. The highest BCUT2D eigenvalue weighted by Gasteiger charge is 2.30. The number of nitrogens with one attached hydrogen (secondary N) is 2. The molecule has 2 fully saturated rings. The maximum atomic E-state index is 13.2. The van der Waals surface area contributed by atoms with Crippen molar-refractivity contribution in [3.8, 4) is 0 Å². The van der Waals surface area contributed by atoms with Crippen LogP contribution in [0.25, 0.3) is 0 Å². The van der Waals surface area contributed by atoms with Gasteiger partial charge in [0.1, 0.15) is 5.03 Å². The summed E-state index contributed by atoms with van der Waals surface area (Å²) in [7, 11) is 0. The van der Waals surface area contributed by atoms with Crippen molar-refractivity contribution >= 4 is 35.1 Å². The predicted octanol–water partition coefficient (Wildman–Crippen LogP) is 2.98. The topological polar surface area (TPSA) is 87.2 Å². The Kier molecular flexibility index (Phi) is 6.64. The van der Waals surface area contributed by atoms with E-state index < -0.39 is 11.6 Å². The van der Waals surface area contributed by atoms with Crippen molar-refractivity contribution in [2.24, 2.45) is 5.92 Å². The van der Waals surface area contributed by atoms with Crippen molar-refractivity contribution in [1.82, 2.24) is 15.5 Å². The molecule has 2 aromatic rings. The number of carbonyl (C=O) groups is 2. The highest BCUT2D eigenvalue weighted by Crippen LogP contribution is 2.25. The fourth-order valence-corrected chi connectivity index (χ4v) is 4.03. The van der Waals surface area contributed by atoms with Gasteiger partial charge < -0.3 is 15.5 Å². The second-order valence-electron chi connectivity index (χ2n) is 7.76. The Morgan fingerprint density at radius 2 is 1.94 bits per heavy atom. The maximum Gasteiger partial charge on any atom is 0.234 e. The van der Waals surface area contributed by atoms with E-state index in [2.05, 4.69) is 25.7 Å². The lowest BCUT2D eigenvalue weighted by Crippen LogP contribution is -2.44. The summed E-state index contributed by atoms with van der Waals surface area (Å²) in [6.07, 6.45) is 3.95. The first-order valence-corrected chi connectivity index (χ1v) is 11.2. The zero-order chi connectivity index (χ0) is 21.8. The lowest BCUT2D eigenvalue weighted by Gasteiger charge is -2.32. The van der Waals surface area contributed by atoms with Gasteiger partial charge >= 0.3 is 0 Å². The molecule has 164 valence electrons. The van der Waals surface area contributed by atoms with Crippen LogP contribution in [0.3, 0.4) is 0 Å². The van der Waals surface area contributed by atoms with Gasteiger partial charge in [0.2, 0.25) is 11.8 Å². The van der Waals surface area contributed by atoms with E-state index in [1.54, 1.807) is 6.07 Å². The van der Waals surface area contributed by atoms with Crippen LogP contribution >= 0.6 is 11.8 Å². The summed E-state index contributed by atoms with van der Waals surface area (Å²) in [4.78, 5) is 26.4. The van der Waals surface area contributed by atoms with Gasteiger partial charge in [-0.05, 0) is 49.9 Å². The van der Waals surface area contributed by atoms with Crippen molar-refractivity contribution in [2.75, 3.05) is 29.1 Å². The molecular weight excluding hydrogens is 424 g/mol. The molecule has 0 bridgehead atoms. The third-order valence-electron chi connectivity index (χ3n) is 5.22. The van der Waals surface area contributed by atoms with E-state index in [4.69, 9.17) is 0 Å². The average molecular weight is 448 g/mol. The third kappa shape index (κ3) is 5.90. The van der Waals surface area contributed by atoms with Gasteiger partial charge in [0.05, 0.1) is 11.7 Å². The molecule has 1 saturated carbocycles. The number of anilines is 2. The van der Waals surface area contributed by atoms with Gasteiger partial charge in [-0.1, -0.05) is 11.8 Å². The van der Waals surface area contributed by atoms with Gasteiger partial charge in [-0.2, -0.15) is 0 Å². The summed E-state index contributed by atoms with van der Waals surface area (Å²) in [5.41, 5.74) is 0.191. The SMILES string of the molecule is O=C(CSc1ccc(N2CCCC(C(=O)NC3CC3)C2)nn1)Nc1ccc(F)c(F)c1. The van der Waals surface area contributed by atoms with E-state index in [9.17, 15) is 18.4 Å². The molecule has 2 N–H and O–H groups in total. The van der Waals surface area contributed by atoms with Gasteiger partial charge in [-0.25, -0.2) is 8.78 Å². The van der Waals surface area contributed by atoms with E-state index in [0.29, 0.717) is 23.4 Å². The van der Waals surface area contributed by atoms with Gasteiger partial charge in [-0.3, -0.25) is 9.59 Å². The lowest BCUT2D eigenvalue weighted by molar-refractivity contribution is -0.125. The highest BCUT2D eigenvalue weighted by atomic mass is 32.2. The fourth-order valence-electron chi connectivity index (χ4n) is 3.42. The van der Waals surface area contributed by atoms with Crippen LogP contribution in [0, 0.1) is 17.6 Å². The highest BCUT2D eigenvalue weighted by molar-refractivity contribution is 7.99. The van der Waals surface area contributed by atoms with Gasteiger partial charge in [0.15, 0.2) is 17.5 Å². The summed E-state index contributed by atoms with van der Waals surface area (Å²) < 4.78 is 26.2. The van der Waals surface area contributed by atoms with E-state index in [0.717, 1.165) is 44.4 Å². The Labute approximate surface area is 183 Å². The molecule has 2 heterocycles. The Morgan fingerprint density at radius 1 is 1.10 bits per heavy atom. The van der Waals surface area contributed by atoms with Crippen LogP contribution in [0.1, 0.15) is 25.7 Å². The zero-order valence-corrected chi connectivity index (χ0v) is 17.6. The molecule has 10 heteroatoms. The standard InChI is InChI=1S/C21H23F2N5O2S/c22-16-6-5-15(10-17(16)23)24-19(29)12-31-20-8-7-18(26-27-20)28-9-1-2-13(11-28)21(30)25-14-3-4-14/h5-8,10,13-14H,1-4,9,11-12H2,(H,24,29)(H,25,30). The Bertz CT molecular complexity index is 955. The average Bonchev–Trinajstić information content (AvgIpc) is 3.59. The first-order valence-electron chi connectivity index (χ1n) is 10.2. The van der Waals surface area contributed by atoms with E-state index in [1.807, 2.05) is 6.07 Å². The van der Waals surface area contributed by atoms with Crippen LogP contribution in [-0.4, -0.2) is 46.9 Å². The van der Waals surface area contributed by atoms with Crippen LogP contribution in [-0.2, 0) is 9.59 Å². The molecule has 7 nitrogen and oxygen atoms in total. The predicted molar refractivity (Wildman–Crippen MR) is 114 cm³/mol. The molecule has 1 aromatic carbocycles. The number of piperidine rings is 1. The second kappa shape index (κ2) is 9.59. The number of carbonyl (C=O) groups excluding carboxylic acids is 2.